The Morgan fingerprint density at radius 1 is 1.22 bits per heavy atom. The summed E-state index contributed by atoms with van der Waals surface area (Å²) in [6.45, 7) is 9.47. The summed E-state index contributed by atoms with van der Waals surface area (Å²) in [6, 6.07) is -1.27. The van der Waals surface area contributed by atoms with Gasteiger partial charge in [-0.1, -0.05) is 25.3 Å². The van der Waals surface area contributed by atoms with E-state index in [1.807, 2.05) is 0 Å². The fourth-order valence-corrected chi connectivity index (χ4v) is 2.10. The Balaban J connectivity index is 3.32. The van der Waals surface area contributed by atoms with Gasteiger partial charge >= 0.3 is 11.9 Å². The van der Waals surface area contributed by atoms with Gasteiger partial charge in [0.2, 0.25) is 0 Å². The van der Waals surface area contributed by atoms with E-state index in [1.165, 1.54) is 19.9 Å². The van der Waals surface area contributed by atoms with E-state index in [-0.39, 0.29) is 23.5 Å². The molecule has 0 aliphatic heterocycles. The van der Waals surface area contributed by atoms with Crippen LogP contribution in [0.1, 0.15) is 20.3 Å². The van der Waals surface area contributed by atoms with Crippen molar-refractivity contribution in [2.24, 2.45) is 0 Å². The molecule has 1 aliphatic carbocycles. The molecule has 0 N–H and O–H groups in total. The largest absolute Gasteiger partial charge is 0.428 e. The molecular formula is C16H17NO6. The number of allylic oxidation sites excluding steroid dienone is 3. The van der Waals surface area contributed by atoms with Crippen LogP contribution in [0.3, 0.4) is 0 Å². The summed E-state index contributed by atoms with van der Waals surface area (Å²) in [5.41, 5.74) is 0.511. The number of nitro groups is 1. The topological polar surface area (TPSA) is 95.7 Å². The van der Waals surface area contributed by atoms with Crippen LogP contribution in [-0.2, 0) is 19.1 Å². The van der Waals surface area contributed by atoms with Crippen molar-refractivity contribution in [3.05, 3.63) is 70.2 Å². The molecule has 1 aliphatic rings. The van der Waals surface area contributed by atoms with Crippen molar-refractivity contribution >= 4 is 11.9 Å². The first kappa shape index (κ1) is 18.1. The molecule has 0 amide bonds. The van der Waals surface area contributed by atoms with Gasteiger partial charge < -0.3 is 9.47 Å². The van der Waals surface area contributed by atoms with Gasteiger partial charge in [0.25, 0.3) is 6.04 Å². The predicted molar refractivity (Wildman–Crippen MR) is 82.5 cm³/mol. The predicted octanol–water partition coefficient (Wildman–Crippen LogP) is 2.60. The Labute approximate surface area is 133 Å². The van der Waals surface area contributed by atoms with E-state index >= 15 is 0 Å². The van der Waals surface area contributed by atoms with Crippen molar-refractivity contribution in [3.63, 3.8) is 0 Å². The molecule has 23 heavy (non-hydrogen) atoms. The van der Waals surface area contributed by atoms with Gasteiger partial charge in [-0.2, -0.15) is 0 Å². The lowest BCUT2D eigenvalue weighted by atomic mass is 9.89. The summed E-state index contributed by atoms with van der Waals surface area (Å²) in [5.74, 6) is -1.20. The van der Waals surface area contributed by atoms with Crippen LogP contribution < -0.4 is 0 Å². The highest BCUT2D eigenvalue weighted by Gasteiger charge is 2.35. The van der Waals surface area contributed by atoms with E-state index in [9.17, 15) is 19.7 Å². The molecular weight excluding hydrogens is 302 g/mol. The Morgan fingerprint density at radius 3 is 2.22 bits per heavy atom. The number of hydrogen-bond donors (Lipinski definition) is 0. The van der Waals surface area contributed by atoms with Crippen LogP contribution in [0.4, 0.5) is 0 Å². The molecule has 122 valence electrons. The molecule has 0 aromatic heterocycles. The van der Waals surface area contributed by atoms with Gasteiger partial charge in [-0.3, -0.25) is 10.1 Å². The summed E-state index contributed by atoms with van der Waals surface area (Å²) in [7, 11) is 0. The Bertz CT molecular complexity index is 653. The molecule has 0 radical (unpaired) electrons. The van der Waals surface area contributed by atoms with Crippen molar-refractivity contribution < 1.29 is 24.0 Å². The highest BCUT2D eigenvalue weighted by atomic mass is 16.6. The minimum absolute atomic E-state index is 0.0906. The number of carbonyl (C=O) groups excluding carboxylic acids is 2. The number of ether oxygens (including phenoxy) is 2. The van der Waals surface area contributed by atoms with E-state index < -0.39 is 22.9 Å². The molecule has 7 heteroatoms. The van der Waals surface area contributed by atoms with Gasteiger partial charge in [0.1, 0.15) is 11.5 Å². The number of nitrogens with zero attached hydrogens (tertiary/aromatic N) is 1. The Kier molecular flexibility index (Phi) is 6.20. The van der Waals surface area contributed by atoms with E-state index in [1.54, 1.807) is 6.08 Å². The molecule has 0 spiro atoms. The lowest BCUT2D eigenvalue weighted by Crippen LogP contribution is -2.28. The Hall–Kier alpha value is -2.96. The average Bonchev–Trinajstić information content (AvgIpc) is 2.53. The molecule has 7 nitrogen and oxygen atoms in total. The fraction of sp³-hybridized carbons (Fsp3) is 0.250. The SMILES string of the molecule is C=CC(=O)OC(C)=C1C=CCC(=C(C)OC(=O)C=C)C1[N+](=O)[O-]. The molecule has 0 saturated carbocycles. The average molecular weight is 319 g/mol. The third-order valence-corrected chi connectivity index (χ3v) is 3.17. The molecule has 0 aromatic carbocycles. The zero-order valence-corrected chi connectivity index (χ0v) is 12.9. The van der Waals surface area contributed by atoms with E-state index in [0.29, 0.717) is 5.57 Å². The second-order valence-corrected chi connectivity index (χ2v) is 4.64. The minimum atomic E-state index is -1.27. The van der Waals surface area contributed by atoms with E-state index in [0.717, 1.165) is 12.2 Å². The third kappa shape index (κ3) is 4.50. The van der Waals surface area contributed by atoms with Gasteiger partial charge in [-0.15, -0.1) is 0 Å². The second kappa shape index (κ2) is 7.88. The molecule has 0 fully saturated rings. The minimum Gasteiger partial charge on any atom is -0.428 e. The van der Waals surface area contributed by atoms with Crippen LogP contribution in [0, 0.1) is 10.1 Å². The van der Waals surface area contributed by atoms with Gasteiger partial charge in [-0.05, 0) is 20.3 Å². The maximum atomic E-state index is 11.5. The molecule has 0 heterocycles. The van der Waals surface area contributed by atoms with Crippen LogP contribution in [0.15, 0.2) is 60.1 Å². The zero-order valence-electron chi connectivity index (χ0n) is 12.9. The molecule has 1 atom stereocenters. The summed E-state index contributed by atoms with van der Waals surface area (Å²) in [4.78, 5) is 33.5. The highest BCUT2D eigenvalue weighted by molar-refractivity contribution is 5.82. The molecule has 0 aromatic rings. The second-order valence-electron chi connectivity index (χ2n) is 4.64. The lowest BCUT2D eigenvalue weighted by molar-refractivity contribution is -0.502. The maximum absolute atomic E-state index is 11.5. The standard InChI is InChI=1S/C16H17NO6/c1-5-14(18)22-10(3)12-8-7-9-13(16(12)17(20)21)11(4)23-15(19)6-2/h5-8,16H,1-2,9H2,3-4H3. The van der Waals surface area contributed by atoms with Crippen molar-refractivity contribution in [1.29, 1.82) is 0 Å². The summed E-state index contributed by atoms with van der Waals surface area (Å²) in [5, 5.41) is 11.5. The summed E-state index contributed by atoms with van der Waals surface area (Å²) >= 11 is 0. The first-order chi connectivity index (χ1) is 10.8. The van der Waals surface area contributed by atoms with Crippen LogP contribution in [0.2, 0.25) is 0 Å². The smallest absolute Gasteiger partial charge is 0.335 e. The number of esters is 2. The van der Waals surface area contributed by atoms with Gasteiger partial charge in [0.05, 0.1) is 5.57 Å². The first-order valence-electron chi connectivity index (χ1n) is 6.70. The van der Waals surface area contributed by atoms with Gasteiger partial charge in [0.15, 0.2) is 0 Å². The first-order valence-corrected chi connectivity index (χ1v) is 6.70. The highest BCUT2D eigenvalue weighted by Crippen LogP contribution is 2.30. The fourth-order valence-electron chi connectivity index (χ4n) is 2.10. The van der Waals surface area contributed by atoms with Crippen molar-refractivity contribution in [1.82, 2.24) is 0 Å². The van der Waals surface area contributed by atoms with Crippen molar-refractivity contribution in [2.75, 3.05) is 0 Å². The van der Waals surface area contributed by atoms with Gasteiger partial charge in [0, 0.05) is 22.6 Å². The molecule has 1 unspecified atom stereocenters. The normalized spacial score (nSPS) is 21.0. The van der Waals surface area contributed by atoms with Crippen molar-refractivity contribution in [3.8, 4) is 0 Å². The third-order valence-electron chi connectivity index (χ3n) is 3.17. The monoisotopic (exact) mass is 319 g/mol. The van der Waals surface area contributed by atoms with Crippen LogP contribution in [-0.4, -0.2) is 22.9 Å². The van der Waals surface area contributed by atoms with Crippen LogP contribution in [0.25, 0.3) is 0 Å². The lowest BCUT2D eigenvalue weighted by Gasteiger charge is -2.21. The summed E-state index contributed by atoms with van der Waals surface area (Å²) in [6.07, 6.45) is 5.36. The Morgan fingerprint density at radius 2 is 1.74 bits per heavy atom. The quantitative estimate of drug-likeness (QED) is 0.254. The zero-order chi connectivity index (χ0) is 17.6. The molecule has 0 saturated heterocycles. The molecule has 0 bridgehead atoms. The maximum Gasteiger partial charge on any atom is 0.335 e. The van der Waals surface area contributed by atoms with Gasteiger partial charge in [-0.25, -0.2) is 9.59 Å². The van der Waals surface area contributed by atoms with Crippen molar-refractivity contribution in [2.45, 2.75) is 26.3 Å². The van der Waals surface area contributed by atoms with E-state index in [4.69, 9.17) is 9.47 Å². The summed E-state index contributed by atoms with van der Waals surface area (Å²) < 4.78 is 9.96. The number of hydrogen-bond acceptors (Lipinski definition) is 6. The van der Waals surface area contributed by atoms with Crippen LogP contribution in [0.5, 0.6) is 0 Å². The van der Waals surface area contributed by atoms with Crippen LogP contribution >= 0.6 is 0 Å². The number of rotatable bonds is 5. The number of carbonyl (C=O) groups is 2. The van der Waals surface area contributed by atoms with E-state index in [2.05, 4.69) is 13.2 Å². The molecule has 1 rings (SSSR count).